The van der Waals surface area contributed by atoms with Crippen LogP contribution in [0.5, 0.6) is 0 Å². The summed E-state index contributed by atoms with van der Waals surface area (Å²) in [5.41, 5.74) is 1.95. The van der Waals surface area contributed by atoms with Gasteiger partial charge in [-0.05, 0) is 31.7 Å². The highest BCUT2D eigenvalue weighted by molar-refractivity contribution is 7.93. The van der Waals surface area contributed by atoms with Crippen molar-refractivity contribution in [1.29, 1.82) is 0 Å². The number of aryl methyl sites for hydroxylation is 2. The Labute approximate surface area is 126 Å². The van der Waals surface area contributed by atoms with E-state index in [1.807, 2.05) is 0 Å². The van der Waals surface area contributed by atoms with Gasteiger partial charge < -0.3 is 4.74 Å². The van der Waals surface area contributed by atoms with Gasteiger partial charge in [0.2, 0.25) is 0 Å². The predicted molar refractivity (Wildman–Crippen MR) is 79.3 cm³/mol. The maximum absolute atomic E-state index is 12.5. The van der Waals surface area contributed by atoms with Crippen molar-refractivity contribution in [3.05, 3.63) is 27.1 Å². The zero-order chi connectivity index (χ0) is 15.8. The molecule has 2 rings (SSSR count). The number of sulfonamides is 1. The van der Waals surface area contributed by atoms with Gasteiger partial charge in [0.25, 0.3) is 10.0 Å². The van der Waals surface area contributed by atoms with Crippen molar-refractivity contribution < 1.29 is 17.9 Å². The molecule has 0 saturated carbocycles. The van der Waals surface area contributed by atoms with Gasteiger partial charge in [0.15, 0.2) is 5.82 Å². The average molecular weight is 329 g/mol. The molecular formula is C12H15N3O4S2. The smallest absolute Gasteiger partial charge is 0.349 e. The van der Waals surface area contributed by atoms with Crippen molar-refractivity contribution in [3.63, 3.8) is 0 Å². The lowest BCUT2D eigenvalue weighted by molar-refractivity contribution is 0.0602. The molecule has 114 valence electrons. The van der Waals surface area contributed by atoms with Crippen LogP contribution in [0.25, 0.3) is 0 Å². The molecule has 0 atom stereocenters. The number of thiophene rings is 1. The molecule has 0 aliphatic heterocycles. The summed E-state index contributed by atoms with van der Waals surface area (Å²) in [6, 6.07) is 0. The number of esters is 1. The summed E-state index contributed by atoms with van der Waals surface area (Å²) >= 11 is 1.03. The monoisotopic (exact) mass is 329 g/mol. The molecule has 2 heterocycles. The Morgan fingerprint density at radius 2 is 2.05 bits per heavy atom. The van der Waals surface area contributed by atoms with E-state index in [-0.39, 0.29) is 15.6 Å². The van der Waals surface area contributed by atoms with Gasteiger partial charge in [0.1, 0.15) is 9.77 Å². The average Bonchev–Trinajstić information content (AvgIpc) is 2.96. The van der Waals surface area contributed by atoms with E-state index in [4.69, 9.17) is 0 Å². The first-order valence-electron chi connectivity index (χ1n) is 5.98. The summed E-state index contributed by atoms with van der Waals surface area (Å²) in [6.45, 7) is 5.16. The van der Waals surface area contributed by atoms with Crippen LogP contribution in [0.2, 0.25) is 0 Å². The molecule has 0 bridgehead atoms. The minimum atomic E-state index is -3.92. The van der Waals surface area contributed by atoms with Crippen LogP contribution in [-0.4, -0.2) is 31.7 Å². The molecule has 0 aliphatic carbocycles. The Bertz CT molecular complexity index is 790. The predicted octanol–water partition coefficient (Wildman–Crippen LogP) is 1.98. The fraction of sp³-hybridized carbons (Fsp3) is 0.333. The van der Waals surface area contributed by atoms with Gasteiger partial charge in [0, 0.05) is 11.3 Å². The van der Waals surface area contributed by atoms with Gasteiger partial charge in [-0.1, -0.05) is 0 Å². The Morgan fingerprint density at radius 1 is 1.38 bits per heavy atom. The number of nitrogens with zero attached hydrogens (tertiary/aromatic N) is 1. The van der Waals surface area contributed by atoms with Gasteiger partial charge in [-0.25, -0.2) is 13.2 Å². The fourth-order valence-corrected chi connectivity index (χ4v) is 4.54. The van der Waals surface area contributed by atoms with E-state index >= 15 is 0 Å². The van der Waals surface area contributed by atoms with Crippen LogP contribution in [0.1, 0.15) is 26.5 Å². The lowest BCUT2D eigenvalue weighted by Crippen LogP contribution is -2.17. The third kappa shape index (κ3) is 2.79. The molecule has 0 aromatic carbocycles. The Kier molecular flexibility index (Phi) is 4.06. The number of anilines is 1. The van der Waals surface area contributed by atoms with Crippen molar-refractivity contribution in [2.45, 2.75) is 25.7 Å². The van der Waals surface area contributed by atoms with Crippen molar-refractivity contribution in [2.24, 2.45) is 0 Å². The fourth-order valence-electron chi connectivity index (χ4n) is 1.76. The molecule has 0 aliphatic rings. The second kappa shape index (κ2) is 5.49. The number of nitrogens with one attached hydrogen (secondary N) is 2. The van der Waals surface area contributed by atoms with Gasteiger partial charge in [0.05, 0.1) is 7.11 Å². The molecule has 2 aromatic heterocycles. The van der Waals surface area contributed by atoms with Crippen molar-refractivity contribution in [1.82, 2.24) is 10.2 Å². The standard InChI is InChI=1S/C12H15N3O4S2/c1-6-5-20-9(12(16)19-4)10(6)21(17,18)15-11-7(2)8(3)13-14-11/h5H,1-4H3,(H2,13,14,15). The van der Waals surface area contributed by atoms with E-state index < -0.39 is 16.0 Å². The molecule has 0 fully saturated rings. The molecule has 7 nitrogen and oxygen atoms in total. The number of rotatable bonds is 4. The number of methoxy groups -OCH3 is 1. The van der Waals surface area contributed by atoms with Gasteiger partial charge in [-0.2, -0.15) is 5.10 Å². The molecule has 2 N–H and O–H groups in total. The Balaban J connectivity index is 2.48. The number of ether oxygens (including phenoxy) is 1. The summed E-state index contributed by atoms with van der Waals surface area (Å²) in [5.74, 6) is -0.461. The highest BCUT2D eigenvalue weighted by atomic mass is 32.2. The molecular weight excluding hydrogens is 314 g/mol. The van der Waals surface area contributed by atoms with Gasteiger partial charge in [-0.3, -0.25) is 9.82 Å². The second-order valence-corrected chi connectivity index (χ2v) is 7.00. The Hall–Kier alpha value is -1.87. The van der Waals surface area contributed by atoms with Crippen LogP contribution in [0.4, 0.5) is 5.82 Å². The quantitative estimate of drug-likeness (QED) is 0.835. The van der Waals surface area contributed by atoms with Crippen LogP contribution in [0.3, 0.4) is 0 Å². The summed E-state index contributed by atoms with van der Waals surface area (Å²) in [4.78, 5) is 11.7. The molecule has 0 spiro atoms. The third-order valence-electron chi connectivity index (χ3n) is 3.04. The van der Waals surface area contributed by atoms with E-state index in [0.717, 1.165) is 17.0 Å². The van der Waals surface area contributed by atoms with Crippen molar-refractivity contribution in [2.75, 3.05) is 11.8 Å². The van der Waals surface area contributed by atoms with Crippen LogP contribution < -0.4 is 4.72 Å². The first kappa shape index (κ1) is 15.5. The number of H-pyrrole nitrogens is 1. The maximum atomic E-state index is 12.5. The molecule has 0 unspecified atom stereocenters. The summed E-state index contributed by atoms with van der Waals surface area (Å²) in [5, 5.41) is 8.21. The van der Waals surface area contributed by atoms with Crippen LogP contribution in [0, 0.1) is 20.8 Å². The van der Waals surface area contributed by atoms with E-state index in [1.165, 1.54) is 7.11 Å². The zero-order valence-electron chi connectivity index (χ0n) is 12.0. The SMILES string of the molecule is COC(=O)c1scc(C)c1S(=O)(=O)Nc1n[nH]c(C)c1C. The van der Waals surface area contributed by atoms with Crippen molar-refractivity contribution in [3.8, 4) is 0 Å². The molecule has 9 heteroatoms. The van der Waals surface area contributed by atoms with Gasteiger partial charge >= 0.3 is 5.97 Å². The minimum Gasteiger partial charge on any atom is -0.465 e. The molecule has 0 saturated heterocycles. The number of carbonyl (C=O) groups is 1. The lowest BCUT2D eigenvalue weighted by atomic mass is 10.3. The third-order valence-corrected chi connectivity index (χ3v) is 5.77. The topological polar surface area (TPSA) is 101 Å². The van der Waals surface area contributed by atoms with Crippen LogP contribution >= 0.6 is 11.3 Å². The summed E-state index contributed by atoms with van der Waals surface area (Å²) in [7, 11) is -2.71. The minimum absolute atomic E-state index is 0.0485. The van der Waals surface area contributed by atoms with Crippen LogP contribution in [-0.2, 0) is 14.8 Å². The van der Waals surface area contributed by atoms with E-state index in [9.17, 15) is 13.2 Å². The van der Waals surface area contributed by atoms with Gasteiger partial charge in [-0.15, -0.1) is 11.3 Å². The molecule has 0 amide bonds. The highest BCUT2D eigenvalue weighted by Gasteiger charge is 2.28. The number of hydrogen-bond acceptors (Lipinski definition) is 6. The molecule has 21 heavy (non-hydrogen) atoms. The van der Waals surface area contributed by atoms with E-state index in [0.29, 0.717) is 11.1 Å². The highest BCUT2D eigenvalue weighted by Crippen LogP contribution is 2.29. The first-order valence-corrected chi connectivity index (χ1v) is 8.35. The largest absolute Gasteiger partial charge is 0.465 e. The molecule has 0 radical (unpaired) electrons. The summed E-state index contributed by atoms with van der Waals surface area (Å²) < 4.78 is 32.1. The van der Waals surface area contributed by atoms with Crippen molar-refractivity contribution >= 4 is 33.1 Å². The molecule has 2 aromatic rings. The van der Waals surface area contributed by atoms with E-state index in [1.54, 1.807) is 26.2 Å². The number of aromatic nitrogens is 2. The first-order chi connectivity index (χ1) is 9.77. The summed E-state index contributed by atoms with van der Waals surface area (Å²) in [6.07, 6.45) is 0. The second-order valence-electron chi connectivity index (χ2n) is 4.50. The van der Waals surface area contributed by atoms with Crippen LogP contribution in [0.15, 0.2) is 10.3 Å². The Morgan fingerprint density at radius 3 is 2.57 bits per heavy atom. The zero-order valence-corrected chi connectivity index (χ0v) is 13.6. The lowest BCUT2D eigenvalue weighted by Gasteiger charge is -2.08. The maximum Gasteiger partial charge on any atom is 0.349 e. The number of carbonyl (C=O) groups excluding carboxylic acids is 1. The number of hydrogen-bond donors (Lipinski definition) is 2. The number of aromatic amines is 1. The van der Waals surface area contributed by atoms with E-state index in [2.05, 4.69) is 19.7 Å². The normalized spacial score (nSPS) is 11.4.